The summed E-state index contributed by atoms with van der Waals surface area (Å²) in [4.78, 5) is 191. The molecular formula is C74H117ClF3N13O12. The number of nitrogens with zero attached hydrogens (tertiary/aromatic N) is 9. The fraction of sp³-hybridized carbons (Fsp3) is 0.757. The summed E-state index contributed by atoms with van der Waals surface area (Å²) in [6.07, 6.45) is 6.98. The van der Waals surface area contributed by atoms with Gasteiger partial charge in [-0.15, -0.1) is 0 Å². The van der Waals surface area contributed by atoms with Gasteiger partial charge in [-0.3, -0.25) is 57.5 Å². The first-order valence-electron chi connectivity index (χ1n) is 37.5. The number of halogens is 4. The molecule has 0 bridgehead atoms. The van der Waals surface area contributed by atoms with Crippen molar-refractivity contribution in [2.75, 3.05) is 102 Å². The van der Waals surface area contributed by atoms with Crippen LogP contribution < -0.4 is 21.7 Å². The first-order chi connectivity index (χ1) is 48.6. The molecule has 103 heavy (non-hydrogen) atoms. The van der Waals surface area contributed by atoms with Gasteiger partial charge in [-0.25, -0.2) is 0 Å². The van der Waals surface area contributed by atoms with E-state index in [1.165, 1.54) is 79.9 Å². The number of carbonyl (C=O) groups is 12. The smallest absolute Gasteiger partial charge is 0.343 e. The number of likely N-dealkylation sites (tertiary alicyclic amines) is 1. The van der Waals surface area contributed by atoms with Gasteiger partial charge in [-0.1, -0.05) is 116 Å². The normalized spacial score (nSPS) is 25.3. The molecule has 578 valence electrons. The summed E-state index contributed by atoms with van der Waals surface area (Å²) < 4.78 is 41.8. The molecule has 25 nitrogen and oxygen atoms in total. The number of likely N-dealkylation sites (N-methyl/N-ethyl adjacent to an activating group) is 7. The van der Waals surface area contributed by atoms with Gasteiger partial charge in [-0.2, -0.15) is 13.2 Å². The molecular weight excluding hydrogens is 1360 g/mol. The molecule has 1 aromatic carbocycles. The summed E-state index contributed by atoms with van der Waals surface area (Å²) in [5.74, 6) is -9.00. The van der Waals surface area contributed by atoms with Crippen molar-refractivity contribution in [2.24, 2.45) is 29.4 Å². The molecule has 12 amide bonds. The highest BCUT2D eigenvalue weighted by molar-refractivity contribution is 6.31. The fourth-order valence-electron chi connectivity index (χ4n) is 15.4. The molecule has 3 saturated carbocycles. The van der Waals surface area contributed by atoms with Crippen molar-refractivity contribution in [3.8, 4) is 0 Å². The van der Waals surface area contributed by atoms with Gasteiger partial charge in [0.1, 0.15) is 41.8 Å². The SMILES string of the molecule is CC[C@H](C)[C@@H]1NC(=O)[C@H](CC(C)C)N(C)C(=O)C[C@@H](C(=O)N2CCCCC2)N(C)C(=O)[C@H](C2CCCCC2)N(C)C(=O)C2(CCCC2)NC(=O)CN(CCCCN)C(=O)[C@H](CCc2ccc(C(F)(F)F)c(Cl)c2)NC(=O)CN(C)C(=O)[C@@H](CC2CCCCC2)N(C)C(=O)CN(C)C(=O)CN(C)C1=O. The van der Waals surface area contributed by atoms with Gasteiger partial charge in [0.05, 0.1) is 43.2 Å². The standard InChI is InChI=1S/C74H117ClF3N13O12/c1-12-49(4)64-70(101)85(7)46-62(95)83(5)47-63(96)87(9)57(42-50-26-16-13-17-27-50)68(99)84(6)44-59(92)80-55(33-31-51-30-32-53(54(75)41-51)74(76,77)78)67(98)91(39-25-22-36-79)45-60(93)82-73(34-20-21-35-73)72(103)89(11)65(52-28-18-14-19-29-52)71(102)88(10)58(69(100)90-37-23-15-24-38-90)43-61(94)86(8)56(40-48(2)3)66(97)81-64/h30,32,41,48-50,52,55-58,64-65H,12-29,31,33-40,42-47,79H2,1-11H3,(H,80,92)(H,81,97)(H,82,93)/t49-,55-,56-,57+,58-,64-,65-/m0/s1. The summed E-state index contributed by atoms with van der Waals surface area (Å²) in [6, 6.07) is -4.49. The first kappa shape index (κ1) is 84.8. The number of hydrogen-bond acceptors (Lipinski definition) is 13. The maximum absolute atomic E-state index is 15.8. The van der Waals surface area contributed by atoms with Gasteiger partial charge in [-0.05, 0) is 131 Å². The average molecular weight is 1470 g/mol. The fourth-order valence-corrected chi connectivity index (χ4v) is 15.8. The molecule has 2 saturated heterocycles. The van der Waals surface area contributed by atoms with Crippen molar-refractivity contribution < 1.29 is 70.7 Å². The van der Waals surface area contributed by atoms with E-state index >= 15 is 24.0 Å². The van der Waals surface area contributed by atoms with E-state index in [2.05, 4.69) is 16.0 Å². The Morgan fingerprint density at radius 2 is 1.23 bits per heavy atom. The number of carbonyl (C=O) groups excluding carboxylic acids is 12. The van der Waals surface area contributed by atoms with Crippen LogP contribution in [0.25, 0.3) is 0 Å². The molecule has 3 aliphatic carbocycles. The predicted octanol–water partition coefficient (Wildman–Crippen LogP) is 6.00. The van der Waals surface area contributed by atoms with E-state index in [0.717, 1.165) is 84.6 Å². The molecule has 5 fully saturated rings. The lowest BCUT2D eigenvalue weighted by molar-refractivity contribution is -0.157. The average Bonchev–Trinajstić information content (AvgIpc) is 1.75. The summed E-state index contributed by atoms with van der Waals surface area (Å²) in [6.45, 7) is 5.84. The minimum Gasteiger partial charge on any atom is -0.343 e. The molecule has 2 heterocycles. The van der Waals surface area contributed by atoms with E-state index in [1.807, 2.05) is 20.8 Å². The number of unbranched alkanes of at least 4 members (excludes halogenated alkanes) is 1. The lowest BCUT2D eigenvalue weighted by Crippen LogP contribution is -2.64. The molecule has 2 aliphatic heterocycles. The van der Waals surface area contributed by atoms with Crippen LogP contribution in [0.2, 0.25) is 5.02 Å². The Labute approximate surface area is 612 Å². The monoisotopic (exact) mass is 1470 g/mol. The molecule has 1 spiro atoms. The van der Waals surface area contributed by atoms with Gasteiger partial charge in [0.2, 0.25) is 70.9 Å². The second-order valence-corrected chi connectivity index (χ2v) is 30.7. The number of amides is 12. The number of hydrogen-bond donors (Lipinski definition) is 4. The van der Waals surface area contributed by atoms with Crippen molar-refractivity contribution >= 4 is 82.5 Å². The molecule has 5 aliphatic rings. The van der Waals surface area contributed by atoms with Crippen LogP contribution in [0.5, 0.6) is 0 Å². The zero-order valence-corrected chi connectivity index (χ0v) is 63.6. The highest BCUT2D eigenvalue weighted by Crippen LogP contribution is 2.38. The second kappa shape index (κ2) is 39.3. The molecule has 5 N–H and O–H groups in total. The Bertz CT molecular complexity index is 3120. The van der Waals surface area contributed by atoms with Gasteiger partial charge < -0.3 is 65.8 Å². The minimum atomic E-state index is -4.77. The summed E-state index contributed by atoms with van der Waals surface area (Å²) >= 11 is 6.18. The summed E-state index contributed by atoms with van der Waals surface area (Å²) in [5, 5.41) is 8.09. The topological polar surface area (TPSA) is 296 Å². The van der Waals surface area contributed by atoms with Crippen LogP contribution in [0.1, 0.15) is 193 Å². The highest BCUT2D eigenvalue weighted by Gasteiger charge is 2.50. The molecule has 7 atom stereocenters. The van der Waals surface area contributed by atoms with Crippen LogP contribution in [0.4, 0.5) is 13.2 Å². The Balaban J connectivity index is 1.46. The highest BCUT2D eigenvalue weighted by atomic mass is 35.5. The van der Waals surface area contributed by atoms with Gasteiger partial charge in [0, 0.05) is 69.0 Å². The van der Waals surface area contributed by atoms with E-state index in [4.69, 9.17) is 17.3 Å². The first-order valence-corrected chi connectivity index (χ1v) is 37.9. The van der Waals surface area contributed by atoms with Crippen LogP contribution in [0.3, 0.4) is 0 Å². The van der Waals surface area contributed by atoms with Crippen LogP contribution in [0.15, 0.2) is 18.2 Å². The van der Waals surface area contributed by atoms with Crippen molar-refractivity contribution in [1.82, 2.24) is 60.0 Å². The van der Waals surface area contributed by atoms with E-state index in [-0.39, 0.29) is 75.4 Å². The second-order valence-electron chi connectivity index (χ2n) is 30.3. The number of rotatable bonds is 15. The Morgan fingerprint density at radius 1 is 0.641 bits per heavy atom. The van der Waals surface area contributed by atoms with Crippen LogP contribution in [0, 0.1) is 23.7 Å². The maximum atomic E-state index is 15.8. The molecule has 29 heteroatoms. The third-order valence-electron chi connectivity index (χ3n) is 22.1. The van der Waals surface area contributed by atoms with Gasteiger partial charge in [0.25, 0.3) is 0 Å². The predicted molar refractivity (Wildman–Crippen MR) is 384 cm³/mol. The van der Waals surface area contributed by atoms with Crippen LogP contribution >= 0.6 is 11.6 Å². The van der Waals surface area contributed by atoms with Gasteiger partial charge >= 0.3 is 6.18 Å². The molecule has 0 unspecified atom stereocenters. The Kier molecular flexibility index (Phi) is 32.4. The number of nitrogens with two attached hydrogens (primary N) is 1. The minimum absolute atomic E-state index is 0.00768. The van der Waals surface area contributed by atoms with Crippen molar-refractivity contribution in [1.29, 1.82) is 0 Å². The summed E-state index contributed by atoms with van der Waals surface area (Å²) in [5.41, 5.74) is 3.55. The zero-order chi connectivity index (χ0) is 76.2. The van der Waals surface area contributed by atoms with Crippen LogP contribution in [-0.4, -0.2) is 258 Å². The third-order valence-corrected chi connectivity index (χ3v) is 22.4. The summed E-state index contributed by atoms with van der Waals surface area (Å²) in [7, 11) is 9.98. The number of piperidine rings is 1. The molecule has 0 aromatic heterocycles. The Morgan fingerprint density at radius 3 is 1.83 bits per heavy atom. The molecule has 0 radical (unpaired) electrons. The molecule has 6 rings (SSSR count). The number of aryl methyl sites for hydroxylation is 1. The van der Waals surface area contributed by atoms with Crippen molar-refractivity contribution in [3.05, 3.63) is 34.3 Å². The third kappa shape index (κ3) is 23.2. The number of nitrogens with one attached hydrogen (secondary N) is 3. The van der Waals surface area contributed by atoms with E-state index in [1.54, 1.807) is 11.8 Å². The van der Waals surface area contributed by atoms with Crippen molar-refractivity contribution in [3.63, 3.8) is 0 Å². The number of benzene rings is 1. The largest absolute Gasteiger partial charge is 0.417 e. The van der Waals surface area contributed by atoms with E-state index in [9.17, 15) is 46.7 Å². The lowest BCUT2D eigenvalue weighted by atomic mass is 9.81. The number of alkyl halides is 3. The Hall–Kier alpha value is -7.10. The zero-order valence-electron chi connectivity index (χ0n) is 62.9. The van der Waals surface area contributed by atoms with E-state index in [0.29, 0.717) is 64.5 Å². The van der Waals surface area contributed by atoms with Crippen LogP contribution in [-0.2, 0) is 70.1 Å². The molecule has 1 aromatic rings. The maximum Gasteiger partial charge on any atom is 0.417 e. The van der Waals surface area contributed by atoms with E-state index < -0.39 is 174 Å². The van der Waals surface area contributed by atoms with Gasteiger partial charge in [0.15, 0.2) is 0 Å². The van der Waals surface area contributed by atoms with Crippen molar-refractivity contribution in [2.45, 2.75) is 236 Å². The lowest BCUT2D eigenvalue weighted by Gasteiger charge is -2.43. The quantitative estimate of drug-likeness (QED) is 0.147.